The first-order chi connectivity index (χ1) is 11.2. The van der Waals surface area contributed by atoms with Crippen LogP contribution >= 0.6 is 15.9 Å². The smallest absolute Gasteiger partial charge is 0.229 e. The standard InChI is InChI=1S/C17H18BrN3O2/c18-14-3-1-13(2-4-14)11-17(22)20-16-6-5-15(12-19-16)21-7-9-23-10-8-21/h1-6,12H,7-11H2,(H,19,20,22). The van der Waals surface area contributed by atoms with Crippen LogP contribution in [0.25, 0.3) is 0 Å². The van der Waals surface area contributed by atoms with Gasteiger partial charge in [-0.25, -0.2) is 4.98 Å². The van der Waals surface area contributed by atoms with E-state index in [4.69, 9.17) is 4.74 Å². The predicted molar refractivity (Wildman–Crippen MR) is 93.7 cm³/mol. The lowest BCUT2D eigenvalue weighted by Gasteiger charge is -2.28. The van der Waals surface area contributed by atoms with Crippen LogP contribution in [0.15, 0.2) is 47.1 Å². The third-order valence-electron chi connectivity index (χ3n) is 3.67. The Labute approximate surface area is 143 Å². The van der Waals surface area contributed by atoms with Crippen molar-refractivity contribution in [3.63, 3.8) is 0 Å². The molecule has 0 unspecified atom stereocenters. The minimum atomic E-state index is -0.0704. The summed E-state index contributed by atoms with van der Waals surface area (Å²) in [5.74, 6) is 0.503. The molecule has 2 heterocycles. The molecule has 1 aromatic carbocycles. The van der Waals surface area contributed by atoms with Crippen molar-refractivity contribution in [2.45, 2.75) is 6.42 Å². The van der Waals surface area contributed by atoms with Crippen LogP contribution in [-0.2, 0) is 16.0 Å². The molecule has 120 valence electrons. The van der Waals surface area contributed by atoms with Gasteiger partial charge in [0.2, 0.25) is 5.91 Å². The van der Waals surface area contributed by atoms with Crippen LogP contribution in [0.2, 0.25) is 0 Å². The number of halogens is 1. The molecule has 1 aliphatic rings. The summed E-state index contributed by atoms with van der Waals surface area (Å²) in [6, 6.07) is 11.5. The number of carbonyl (C=O) groups excluding carboxylic acids is 1. The molecule has 1 N–H and O–H groups in total. The average molecular weight is 376 g/mol. The zero-order chi connectivity index (χ0) is 16.1. The molecule has 23 heavy (non-hydrogen) atoms. The number of carbonyl (C=O) groups is 1. The zero-order valence-electron chi connectivity index (χ0n) is 12.7. The van der Waals surface area contributed by atoms with Crippen LogP contribution in [-0.4, -0.2) is 37.2 Å². The number of aromatic nitrogens is 1. The summed E-state index contributed by atoms with van der Waals surface area (Å²) in [6.07, 6.45) is 2.13. The Hall–Kier alpha value is -1.92. The fourth-order valence-electron chi connectivity index (χ4n) is 2.44. The molecule has 0 aliphatic carbocycles. The van der Waals surface area contributed by atoms with E-state index in [1.54, 1.807) is 6.20 Å². The normalized spacial score (nSPS) is 14.6. The van der Waals surface area contributed by atoms with E-state index < -0.39 is 0 Å². The molecule has 1 aromatic heterocycles. The SMILES string of the molecule is O=C(Cc1ccc(Br)cc1)Nc1ccc(N2CCOCC2)cn1. The van der Waals surface area contributed by atoms with Gasteiger partial charge in [-0.05, 0) is 29.8 Å². The number of hydrogen-bond acceptors (Lipinski definition) is 4. The molecule has 0 radical (unpaired) electrons. The molecule has 1 amide bonds. The van der Waals surface area contributed by atoms with Crippen molar-refractivity contribution in [2.24, 2.45) is 0 Å². The number of morpholine rings is 1. The Kier molecular flexibility index (Phi) is 5.25. The van der Waals surface area contributed by atoms with Crippen molar-refractivity contribution >= 4 is 33.3 Å². The van der Waals surface area contributed by atoms with Gasteiger partial charge in [-0.2, -0.15) is 0 Å². The molecule has 0 saturated carbocycles. The van der Waals surface area contributed by atoms with Crippen LogP contribution in [0.1, 0.15) is 5.56 Å². The first-order valence-corrected chi connectivity index (χ1v) is 8.33. The summed E-state index contributed by atoms with van der Waals surface area (Å²) >= 11 is 3.38. The van der Waals surface area contributed by atoms with Gasteiger partial charge in [0, 0.05) is 17.6 Å². The Morgan fingerprint density at radius 1 is 1.17 bits per heavy atom. The van der Waals surface area contributed by atoms with Gasteiger partial charge < -0.3 is 15.0 Å². The summed E-state index contributed by atoms with van der Waals surface area (Å²) < 4.78 is 6.34. The molecular formula is C17H18BrN3O2. The van der Waals surface area contributed by atoms with Crippen LogP contribution in [0.5, 0.6) is 0 Å². The maximum Gasteiger partial charge on any atom is 0.229 e. The highest BCUT2D eigenvalue weighted by molar-refractivity contribution is 9.10. The van der Waals surface area contributed by atoms with Gasteiger partial charge in [-0.3, -0.25) is 4.79 Å². The lowest BCUT2D eigenvalue weighted by atomic mass is 10.1. The highest BCUT2D eigenvalue weighted by atomic mass is 79.9. The van der Waals surface area contributed by atoms with Crippen LogP contribution in [0.4, 0.5) is 11.5 Å². The number of rotatable bonds is 4. The third-order valence-corrected chi connectivity index (χ3v) is 4.20. The number of nitrogens with zero attached hydrogens (tertiary/aromatic N) is 2. The Morgan fingerprint density at radius 3 is 2.57 bits per heavy atom. The quantitative estimate of drug-likeness (QED) is 0.892. The number of pyridine rings is 1. The van der Waals surface area contributed by atoms with Crippen molar-refractivity contribution < 1.29 is 9.53 Å². The van der Waals surface area contributed by atoms with Crippen molar-refractivity contribution in [1.82, 2.24) is 4.98 Å². The summed E-state index contributed by atoms with van der Waals surface area (Å²) in [4.78, 5) is 18.6. The number of benzene rings is 1. The van der Waals surface area contributed by atoms with Gasteiger partial charge >= 0.3 is 0 Å². The third kappa shape index (κ3) is 4.53. The number of amides is 1. The van der Waals surface area contributed by atoms with Gasteiger partial charge in [0.05, 0.1) is 31.5 Å². The van der Waals surface area contributed by atoms with E-state index in [9.17, 15) is 4.79 Å². The van der Waals surface area contributed by atoms with Crippen molar-refractivity contribution in [3.8, 4) is 0 Å². The summed E-state index contributed by atoms with van der Waals surface area (Å²) in [5.41, 5.74) is 2.02. The second kappa shape index (κ2) is 7.57. The van der Waals surface area contributed by atoms with Crippen LogP contribution in [0, 0.1) is 0 Å². The molecule has 1 saturated heterocycles. The average Bonchev–Trinajstić information content (AvgIpc) is 2.58. The fourth-order valence-corrected chi connectivity index (χ4v) is 2.71. The molecular weight excluding hydrogens is 358 g/mol. The summed E-state index contributed by atoms with van der Waals surface area (Å²) in [7, 11) is 0. The first kappa shape index (κ1) is 16.0. The van der Waals surface area contributed by atoms with E-state index in [0.29, 0.717) is 12.2 Å². The minimum Gasteiger partial charge on any atom is -0.378 e. The number of ether oxygens (including phenoxy) is 1. The second-order valence-electron chi connectivity index (χ2n) is 5.35. The molecule has 6 heteroatoms. The molecule has 5 nitrogen and oxygen atoms in total. The maximum absolute atomic E-state index is 12.1. The molecule has 0 atom stereocenters. The minimum absolute atomic E-state index is 0.0704. The summed E-state index contributed by atoms with van der Waals surface area (Å²) in [5, 5.41) is 2.83. The molecule has 0 spiro atoms. The molecule has 1 fully saturated rings. The van der Waals surface area contributed by atoms with Crippen LogP contribution in [0.3, 0.4) is 0 Å². The van der Waals surface area contributed by atoms with Gasteiger partial charge in [-0.15, -0.1) is 0 Å². The number of hydrogen-bond donors (Lipinski definition) is 1. The van der Waals surface area contributed by atoms with E-state index in [1.165, 1.54) is 0 Å². The molecule has 3 rings (SSSR count). The second-order valence-corrected chi connectivity index (χ2v) is 6.27. The van der Waals surface area contributed by atoms with Gasteiger partial charge in [0.15, 0.2) is 0 Å². The number of anilines is 2. The lowest BCUT2D eigenvalue weighted by molar-refractivity contribution is -0.115. The monoisotopic (exact) mass is 375 g/mol. The predicted octanol–water partition coefficient (Wildman–Crippen LogP) is 2.86. The van der Waals surface area contributed by atoms with Crippen molar-refractivity contribution in [3.05, 3.63) is 52.6 Å². The zero-order valence-corrected chi connectivity index (χ0v) is 14.3. The summed E-state index contributed by atoms with van der Waals surface area (Å²) in [6.45, 7) is 3.23. The molecule has 1 aliphatic heterocycles. The Balaban J connectivity index is 1.57. The largest absolute Gasteiger partial charge is 0.378 e. The number of nitrogens with one attached hydrogen (secondary N) is 1. The molecule has 2 aromatic rings. The van der Waals surface area contributed by atoms with Gasteiger partial charge in [0.1, 0.15) is 5.82 Å². The lowest BCUT2D eigenvalue weighted by Crippen LogP contribution is -2.36. The Morgan fingerprint density at radius 2 is 1.91 bits per heavy atom. The highest BCUT2D eigenvalue weighted by Crippen LogP contribution is 2.17. The van der Waals surface area contributed by atoms with Gasteiger partial charge in [0.25, 0.3) is 0 Å². The Bertz CT molecular complexity index is 653. The van der Waals surface area contributed by atoms with Crippen molar-refractivity contribution in [1.29, 1.82) is 0 Å². The highest BCUT2D eigenvalue weighted by Gasteiger charge is 2.12. The van der Waals surface area contributed by atoms with Crippen LogP contribution < -0.4 is 10.2 Å². The topological polar surface area (TPSA) is 54.5 Å². The van der Waals surface area contributed by atoms with E-state index >= 15 is 0 Å². The van der Waals surface area contributed by atoms with Crippen molar-refractivity contribution in [2.75, 3.05) is 36.5 Å². The maximum atomic E-state index is 12.1. The first-order valence-electron chi connectivity index (χ1n) is 7.54. The molecule has 0 bridgehead atoms. The van der Waals surface area contributed by atoms with E-state index in [0.717, 1.165) is 42.0 Å². The van der Waals surface area contributed by atoms with E-state index in [1.807, 2.05) is 36.4 Å². The fraction of sp³-hybridized carbons (Fsp3) is 0.294. The van der Waals surface area contributed by atoms with E-state index in [-0.39, 0.29) is 5.91 Å². The van der Waals surface area contributed by atoms with Gasteiger partial charge in [-0.1, -0.05) is 28.1 Å². The van der Waals surface area contributed by atoms with E-state index in [2.05, 4.69) is 31.1 Å².